The minimum atomic E-state index is -0.406. The maximum atomic E-state index is 10.8. The molecular weight excluding hydrogens is 310 g/mol. The first kappa shape index (κ1) is 11.5. The molecule has 0 fully saturated rings. The predicted octanol–water partition coefficient (Wildman–Crippen LogP) is 3.26. The Morgan fingerprint density at radius 1 is 1.14 bits per heavy atom. The van der Waals surface area contributed by atoms with E-state index in [1.54, 1.807) is 12.1 Å². The molecule has 1 amide bonds. The van der Waals surface area contributed by atoms with Crippen LogP contribution in [0.15, 0.2) is 27.7 Å². The van der Waals surface area contributed by atoms with Gasteiger partial charge in [-0.3, -0.25) is 4.79 Å². The zero-order valence-corrected chi connectivity index (χ0v) is 10.7. The lowest BCUT2D eigenvalue weighted by Crippen LogP contribution is -2.10. The second-order valence-electron chi connectivity index (χ2n) is 2.83. The fourth-order valence-electron chi connectivity index (χ4n) is 0.994. The Morgan fingerprint density at radius 3 is 1.93 bits per heavy atom. The Kier molecular flexibility index (Phi) is 3.89. The molecular formula is C10H9Br2NO. The van der Waals surface area contributed by atoms with Gasteiger partial charge in [0.1, 0.15) is 0 Å². The Hall–Kier alpha value is -0.610. The summed E-state index contributed by atoms with van der Waals surface area (Å²) in [5.74, 6) is -0.406. The van der Waals surface area contributed by atoms with Crippen LogP contribution in [-0.4, -0.2) is 5.91 Å². The Bertz CT molecular complexity index is 378. The maximum absolute atomic E-state index is 10.8. The van der Waals surface area contributed by atoms with Gasteiger partial charge in [-0.2, -0.15) is 0 Å². The fraction of sp³-hybridized carbons (Fsp3) is 0.100. The molecule has 1 aromatic rings. The van der Waals surface area contributed by atoms with Crippen LogP contribution in [0.2, 0.25) is 0 Å². The lowest BCUT2D eigenvalue weighted by molar-refractivity contribution is 0.100. The number of carbonyl (C=O) groups is 1. The Balaban J connectivity index is 3.06. The van der Waals surface area contributed by atoms with Crippen molar-refractivity contribution in [3.8, 4) is 0 Å². The molecule has 14 heavy (non-hydrogen) atoms. The van der Waals surface area contributed by atoms with Crippen molar-refractivity contribution in [2.75, 3.05) is 0 Å². The molecule has 0 saturated heterocycles. The molecule has 1 aromatic carbocycles. The van der Waals surface area contributed by atoms with Crippen molar-refractivity contribution in [2.24, 2.45) is 5.73 Å². The van der Waals surface area contributed by atoms with E-state index in [2.05, 4.69) is 31.9 Å². The van der Waals surface area contributed by atoms with Crippen molar-refractivity contribution in [2.45, 2.75) is 6.92 Å². The normalized spacial score (nSPS) is 9.64. The molecule has 0 atom stereocenters. The van der Waals surface area contributed by atoms with Gasteiger partial charge in [-0.05, 0) is 62.1 Å². The van der Waals surface area contributed by atoms with Gasteiger partial charge in [0, 0.05) is 5.56 Å². The molecule has 0 aliphatic carbocycles. The van der Waals surface area contributed by atoms with E-state index in [0.717, 1.165) is 14.5 Å². The van der Waals surface area contributed by atoms with Gasteiger partial charge in [0.25, 0.3) is 0 Å². The summed E-state index contributed by atoms with van der Waals surface area (Å²) >= 11 is 6.66. The van der Waals surface area contributed by atoms with Crippen molar-refractivity contribution in [1.82, 2.24) is 0 Å². The van der Waals surface area contributed by atoms with Crippen LogP contribution in [0, 0.1) is 0 Å². The number of hydrogen-bond acceptors (Lipinski definition) is 1. The molecule has 74 valence electrons. The van der Waals surface area contributed by atoms with Gasteiger partial charge in [0.05, 0.1) is 3.39 Å². The molecule has 0 aliphatic rings. The van der Waals surface area contributed by atoms with E-state index >= 15 is 0 Å². The molecule has 2 N–H and O–H groups in total. The van der Waals surface area contributed by atoms with E-state index in [0.29, 0.717) is 5.56 Å². The van der Waals surface area contributed by atoms with Crippen molar-refractivity contribution in [3.63, 3.8) is 0 Å². The van der Waals surface area contributed by atoms with Crippen LogP contribution < -0.4 is 5.73 Å². The van der Waals surface area contributed by atoms with Crippen molar-refractivity contribution in [1.29, 1.82) is 0 Å². The smallest absolute Gasteiger partial charge is 0.248 e. The molecule has 0 bridgehead atoms. The third-order valence-corrected chi connectivity index (χ3v) is 3.08. The van der Waals surface area contributed by atoms with Crippen LogP contribution in [0.25, 0.3) is 5.57 Å². The summed E-state index contributed by atoms with van der Waals surface area (Å²) in [7, 11) is 0. The average Bonchev–Trinajstić information content (AvgIpc) is 2.16. The van der Waals surface area contributed by atoms with E-state index < -0.39 is 5.91 Å². The third-order valence-electron chi connectivity index (χ3n) is 1.89. The van der Waals surface area contributed by atoms with Gasteiger partial charge in [0.2, 0.25) is 5.91 Å². The van der Waals surface area contributed by atoms with Gasteiger partial charge in [0.15, 0.2) is 0 Å². The summed E-state index contributed by atoms with van der Waals surface area (Å²) < 4.78 is 0.900. The first-order valence-electron chi connectivity index (χ1n) is 3.94. The van der Waals surface area contributed by atoms with Gasteiger partial charge in [-0.15, -0.1) is 0 Å². The summed E-state index contributed by atoms with van der Waals surface area (Å²) in [4.78, 5) is 10.8. The van der Waals surface area contributed by atoms with E-state index in [-0.39, 0.29) is 0 Å². The molecule has 0 aliphatic heterocycles. The maximum Gasteiger partial charge on any atom is 0.248 e. The monoisotopic (exact) mass is 317 g/mol. The van der Waals surface area contributed by atoms with Crippen LogP contribution >= 0.6 is 31.9 Å². The molecule has 0 aromatic heterocycles. The highest BCUT2D eigenvalue weighted by Crippen LogP contribution is 2.26. The van der Waals surface area contributed by atoms with Crippen LogP contribution in [0.4, 0.5) is 0 Å². The van der Waals surface area contributed by atoms with Crippen LogP contribution in [0.1, 0.15) is 22.8 Å². The molecule has 0 radical (unpaired) electrons. The van der Waals surface area contributed by atoms with Crippen molar-refractivity contribution in [3.05, 3.63) is 38.8 Å². The summed E-state index contributed by atoms with van der Waals surface area (Å²) in [5, 5.41) is 0. The Labute approximate surface area is 99.4 Å². The highest BCUT2D eigenvalue weighted by molar-refractivity contribution is 9.28. The summed E-state index contributed by atoms with van der Waals surface area (Å²) in [5.41, 5.74) is 7.76. The van der Waals surface area contributed by atoms with Crippen molar-refractivity contribution < 1.29 is 4.79 Å². The number of benzene rings is 1. The number of carbonyl (C=O) groups excluding carboxylic acids is 1. The predicted molar refractivity (Wildman–Crippen MR) is 65.4 cm³/mol. The van der Waals surface area contributed by atoms with E-state index in [1.165, 1.54) is 0 Å². The van der Waals surface area contributed by atoms with Crippen LogP contribution in [0.3, 0.4) is 0 Å². The minimum absolute atomic E-state index is 0.406. The molecule has 0 saturated carbocycles. The Morgan fingerprint density at radius 2 is 1.57 bits per heavy atom. The summed E-state index contributed by atoms with van der Waals surface area (Å²) in [6, 6.07) is 7.14. The quantitative estimate of drug-likeness (QED) is 0.893. The standard InChI is InChI=1S/C10H9Br2NO/c1-6(9(11)12)7-2-4-8(5-3-7)10(13)14/h2-5H,1H3,(H2,13,14). The first-order valence-corrected chi connectivity index (χ1v) is 5.53. The average molecular weight is 319 g/mol. The van der Waals surface area contributed by atoms with Crippen LogP contribution in [-0.2, 0) is 0 Å². The number of rotatable bonds is 2. The van der Waals surface area contributed by atoms with E-state index in [1.807, 2.05) is 19.1 Å². The lowest BCUT2D eigenvalue weighted by atomic mass is 10.1. The molecule has 0 spiro atoms. The van der Waals surface area contributed by atoms with E-state index in [9.17, 15) is 4.79 Å². The van der Waals surface area contributed by atoms with E-state index in [4.69, 9.17) is 5.73 Å². The lowest BCUT2D eigenvalue weighted by Gasteiger charge is -2.02. The number of primary amides is 1. The number of nitrogens with two attached hydrogens (primary N) is 1. The summed E-state index contributed by atoms with van der Waals surface area (Å²) in [6.07, 6.45) is 0. The zero-order valence-electron chi connectivity index (χ0n) is 7.55. The SMILES string of the molecule is CC(=C(Br)Br)c1ccc(C(N)=O)cc1. The zero-order chi connectivity index (χ0) is 10.7. The highest BCUT2D eigenvalue weighted by atomic mass is 79.9. The fourth-order valence-corrected chi connectivity index (χ4v) is 1.45. The van der Waals surface area contributed by atoms with Crippen LogP contribution in [0.5, 0.6) is 0 Å². The van der Waals surface area contributed by atoms with Gasteiger partial charge >= 0.3 is 0 Å². The van der Waals surface area contributed by atoms with Gasteiger partial charge in [-0.25, -0.2) is 0 Å². The van der Waals surface area contributed by atoms with Gasteiger partial charge < -0.3 is 5.73 Å². The first-order chi connectivity index (χ1) is 6.52. The second-order valence-corrected chi connectivity index (χ2v) is 5.48. The van der Waals surface area contributed by atoms with Gasteiger partial charge in [-0.1, -0.05) is 12.1 Å². The van der Waals surface area contributed by atoms with Crippen molar-refractivity contribution >= 4 is 43.3 Å². The number of hydrogen-bond donors (Lipinski definition) is 1. The number of allylic oxidation sites excluding steroid dienone is 1. The molecule has 0 unspecified atom stereocenters. The highest BCUT2D eigenvalue weighted by Gasteiger charge is 2.02. The topological polar surface area (TPSA) is 43.1 Å². The number of amides is 1. The molecule has 4 heteroatoms. The second kappa shape index (κ2) is 4.75. The third kappa shape index (κ3) is 2.69. The molecule has 0 heterocycles. The molecule has 2 nitrogen and oxygen atoms in total. The summed E-state index contributed by atoms with van der Waals surface area (Å²) in [6.45, 7) is 1.97. The molecule has 1 rings (SSSR count). The largest absolute Gasteiger partial charge is 0.366 e. The minimum Gasteiger partial charge on any atom is -0.366 e. The number of halogens is 2.